The largest absolute Gasteiger partial charge is 0.271 e. The summed E-state index contributed by atoms with van der Waals surface area (Å²) in [6.45, 7) is 6.75. The molecular formula is C13H23N3. The molecule has 1 unspecified atom stereocenters. The Bertz CT molecular complexity index is 290. The Labute approximate surface area is 98.4 Å². The molecule has 0 aliphatic carbocycles. The number of hydrogen-bond acceptors (Lipinski definition) is 3. The van der Waals surface area contributed by atoms with E-state index in [-0.39, 0.29) is 0 Å². The van der Waals surface area contributed by atoms with E-state index < -0.39 is 0 Å². The second-order valence-corrected chi connectivity index (χ2v) is 5.49. The molecule has 90 valence electrons. The molecule has 1 atom stereocenters. The lowest BCUT2D eigenvalue weighted by Gasteiger charge is -2.22. The summed E-state index contributed by atoms with van der Waals surface area (Å²) in [5.74, 6) is 5.57. The third kappa shape index (κ3) is 5.24. The van der Waals surface area contributed by atoms with E-state index in [1.807, 2.05) is 24.4 Å². The van der Waals surface area contributed by atoms with Crippen LogP contribution in [0.3, 0.4) is 0 Å². The first kappa shape index (κ1) is 13.1. The van der Waals surface area contributed by atoms with Crippen molar-refractivity contribution in [2.45, 2.75) is 46.1 Å². The summed E-state index contributed by atoms with van der Waals surface area (Å²) in [4.78, 5) is 4.32. The third-order valence-corrected chi connectivity index (χ3v) is 2.66. The predicted octanol–water partition coefficient (Wildman–Crippen LogP) is 2.28. The van der Waals surface area contributed by atoms with Gasteiger partial charge in [0.25, 0.3) is 0 Å². The summed E-state index contributed by atoms with van der Waals surface area (Å²) in [5, 5.41) is 0. The molecule has 3 heteroatoms. The van der Waals surface area contributed by atoms with Gasteiger partial charge in [0.2, 0.25) is 0 Å². The SMILES string of the molecule is CC(C)(C)CCC(Cc1ccccn1)NN. The fourth-order valence-electron chi connectivity index (χ4n) is 1.62. The number of pyridine rings is 1. The van der Waals surface area contributed by atoms with Crippen molar-refractivity contribution in [1.82, 2.24) is 10.4 Å². The van der Waals surface area contributed by atoms with Crippen molar-refractivity contribution < 1.29 is 0 Å². The number of hydrazine groups is 1. The Morgan fingerprint density at radius 2 is 2.12 bits per heavy atom. The Morgan fingerprint density at radius 1 is 1.38 bits per heavy atom. The van der Waals surface area contributed by atoms with Crippen LogP contribution in [-0.2, 0) is 6.42 Å². The molecule has 0 saturated carbocycles. The predicted molar refractivity (Wildman–Crippen MR) is 67.7 cm³/mol. The molecule has 0 aliphatic rings. The fraction of sp³-hybridized carbons (Fsp3) is 0.615. The highest BCUT2D eigenvalue weighted by molar-refractivity contribution is 5.05. The summed E-state index contributed by atoms with van der Waals surface area (Å²) in [5.41, 5.74) is 4.34. The average Bonchev–Trinajstić information content (AvgIpc) is 2.24. The van der Waals surface area contributed by atoms with Crippen molar-refractivity contribution in [3.63, 3.8) is 0 Å². The van der Waals surface area contributed by atoms with Crippen molar-refractivity contribution in [3.05, 3.63) is 30.1 Å². The first-order valence-electron chi connectivity index (χ1n) is 5.87. The van der Waals surface area contributed by atoms with Crippen molar-refractivity contribution in [1.29, 1.82) is 0 Å². The van der Waals surface area contributed by atoms with Crippen LogP contribution >= 0.6 is 0 Å². The van der Waals surface area contributed by atoms with Crippen LogP contribution in [0.1, 0.15) is 39.3 Å². The van der Waals surface area contributed by atoms with Gasteiger partial charge in [0.15, 0.2) is 0 Å². The molecule has 0 amide bonds. The minimum Gasteiger partial charge on any atom is -0.271 e. The van der Waals surface area contributed by atoms with Gasteiger partial charge in [0.05, 0.1) is 0 Å². The van der Waals surface area contributed by atoms with E-state index >= 15 is 0 Å². The van der Waals surface area contributed by atoms with E-state index in [0.717, 1.165) is 25.0 Å². The van der Waals surface area contributed by atoms with E-state index in [1.165, 1.54) is 0 Å². The Hall–Kier alpha value is -0.930. The smallest absolute Gasteiger partial charge is 0.0419 e. The monoisotopic (exact) mass is 221 g/mol. The van der Waals surface area contributed by atoms with Crippen LogP contribution in [0.4, 0.5) is 0 Å². The Balaban J connectivity index is 2.44. The molecular weight excluding hydrogens is 198 g/mol. The highest BCUT2D eigenvalue weighted by Gasteiger charge is 2.15. The molecule has 16 heavy (non-hydrogen) atoms. The highest BCUT2D eigenvalue weighted by atomic mass is 15.2. The molecule has 0 spiro atoms. The molecule has 1 rings (SSSR count). The maximum atomic E-state index is 5.57. The first-order chi connectivity index (χ1) is 7.51. The molecule has 1 aromatic rings. The van der Waals surface area contributed by atoms with E-state index in [4.69, 9.17) is 5.84 Å². The van der Waals surface area contributed by atoms with Crippen molar-refractivity contribution in [2.75, 3.05) is 0 Å². The minimum atomic E-state index is 0.314. The molecule has 0 radical (unpaired) electrons. The molecule has 0 aliphatic heterocycles. The number of nitrogens with one attached hydrogen (secondary N) is 1. The standard InChI is InChI=1S/C13H23N3/c1-13(2,3)8-7-12(16-14)10-11-6-4-5-9-15-11/h4-6,9,12,16H,7-8,10,14H2,1-3H3. The van der Waals surface area contributed by atoms with Crippen molar-refractivity contribution in [3.8, 4) is 0 Å². The second-order valence-electron chi connectivity index (χ2n) is 5.49. The molecule has 0 bridgehead atoms. The number of nitrogens with zero attached hydrogens (tertiary/aromatic N) is 1. The van der Waals surface area contributed by atoms with Gasteiger partial charge in [-0.15, -0.1) is 0 Å². The molecule has 0 fully saturated rings. The van der Waals surface area contributed by atoms with Crippen LogP contribution in [0.25, 0.3) is 0 Å². The van der Waals surface area contributed by atoms with E-state index in [2.05, 4.69) is 31.2 Å². The zero-order valence-electron chi connectivity index (χ0n) is 10.5. The van der Waals surface area contributed by atoms with Crippen LogP contribution in [0.15, 0.2) is 24.4 Å². The van der Waals surface area contributed by atoms with Crippen molar-refractivity contribution >= 4 is 0 Å². The van der Waals surface area contributed by atoms with Crippen LogP contribution in [-0.4, -0.2) is 11.0 Å². The van der Waals surface area contributed by atoms with Crippen molar-refractivity contribution in [2.24, 2.45) is 11.3 Å². The topological polar surface area (TPSA) is 50.9 Å². The van der Waals surface area contributed by atoms with Crippen LogP contribution in [0, 0.1) is 5.41 Å². The fourth-order valence-corrected chi connectivity index (χ4v) is 1.62. The maximum absolute atomic E-state index is 5.57. The van der Waals surface area contributed by atoms with E-state index in [1.54, 1.807) is 0 Å². The highest BCUT2D eigenvalue weighted by Crippen LogP contribution is 2.22. The summed E-state index contributed by atoms with van der Waals surface area (Å²) >= 11 is 0. The second kappa shape index (κ2) is 5.97. The van der Waals surface area contributed by atoms with Gasteiger partial charge in [-0.25, -0.2) is 0 Å². The van der Waals surface area contributed by atoms with Crippen LogP contribution in [0.2, 0.25) is 0 Å². The van der Waals surface area contributed by atoms with E-state index in [0.29, 0.717) is 11.5 Å². The summed E-state index contributed by atoms with van der Waals surface area (Å²) in [6, 6.07) is 6.30. The quantitative estimate of drug-likeness (QED) is 0.592. The molecule has 0 aromatic carbocycles. The van der Waals surface area contributed by atoms with Crippen LogP contribution < -0.4 is 11.3 Å². The van der Waals surface area contributed by atoms with E-state index in [9.17, 15) is 0 Å². The number of rotatable bonds is 5. The lowest BCUT2D eigenvalue weighted by atomic mass is 9.88. The number of aromatic nitrogens is 1. The lowest BCUT2D eigenvalue weighted by Crippen LogP contribution is -2.37. The van der Waals surface area contributed by atoms with Gasteiger partial charge < -0.3 is 0 Å². The first-order valence-corrected chi connectivity index (χ1v) is 5.87. The Morgan fingerprint density at radius 3 is 2.62 bits per heavy atom. The van der Waals surface area contributed by atoms with Gasteiger partial charge >= 0.3 is 0 Å². The molecule has 1 aromatic heterocycles. The number of nitrogens with two attached hydrogens (primary N) is 1. The Kier molecular flexibility index (Phi) is 4.90. The number of hydrogen-bond donors (Lipinski definition) is 2. The van der Waals surface area contributed by atoms with Gasteiger partial charge in [-0.05, 0) is 30.4 Å². The summed E-state index contributed by atoms with van der Waals surface area (Å²) < 4.78 is 0. The zero-order valence-corrected chi connectivity index (χ0v) is 10.5. The average molecular weight is 221 g/mol. The van der Waals surface area contributed by atoms with Gasteiger partial charge in [0, 0.05) is 24.4 Å². The molecule has 3 nitrogen and oxygen atoms in total. The molecule has 3 N–H and O–H groups in total. The molecule has 1 heterocycles. The third-order valence-electron chi connectivity index (χ3n) is 2.66. The summed E-state index contributed by atoms with van der Waals surface area (Å²) in [7, 11) is 0. The lowest BCUT2D eigenvalue weighted by molar-refractivity contribution is 0.329. The zero-order chi connectivity index (χ0) is 12.0. The van der Waals surface area contributed by atoms with Crippen LogP contribution in [0.5, 0.6) is 0 Å². The van der Waals surface area contributed by atoms with Gasteiger partial charge in [0.1, 0.15) is 0 Å². The van der Waals surface area contributed by atoms with Gasteiger partial charge in [-0.1, -0.05) is 26.8 Å². The van der Waals surface area contributed by atoms with Gasteiger partial charge in [-0.2, -0.15) is 0 Å². The van der Waals surface area contributed by atoms with Gasteiger partial charge in [-0.3, -0.25) is 16.3 Å². The minimum absolute atomic E-state index is 0.314. The summed E-state index contributed by atoms with van der Waals surface area (Å²) in [6.07, 6.45) is 4.96. The maximum Gasteiger partial charge on any atom is 0.0419 e. The molecule has 0 saturated heterocycles. The normalized spacial score (nSPS) is 13.8.